The highest BCUT2D eigenvalue weighted by molar-refractivity contribution is 5.21. The van der Waals surface area contributed by atoms with E-state index in [1.165, 1.54) is 6.07 Å². The van der Waals surface area contributed by atoms with Gasteiger partial charge in [-0.15, -0.1) is 0 Å². The number of rotatable bonds is 6. The second kappa shape index (κ2) is 7.19. The van der Waals surface area contributed by atoms with Crippen molar-refractivity contribution in [2.75, 3.05) is 7.11 Å². The quantitative estimate of drug-likeness (QED) is 0.889. The van der Waals surface area contributed by atoms with Crippen molar-refractivity contribution in [1.29, 1.82) is 0 Å². The molecule has 6 heteroatoms. The highest BCUT2D eigenvalue weighted by Gasteiger charge is 2.24. The predicted octanol–water partition coefficient (Wildman–Crippen LogP) is 2.62. The topological polar surface area (TPSA) is 52.0 Å². The van der Waals surface area contributed by atoms with Gasteiger partial charge >= 0.3 is 0 Å². The van der Waals surface area contributed by atoms with Gasteiger partial charge in [-0.3, -0.25) is 0 Å². The molecule has 0 radical (unpaired) electrons. The van der Waals surface area contributed by atoms with E-state index in [2.05, 4.69) is 22.3 Å². The molecule has 2 heterocycles. The summed E-state index contributed by atoms with van der Waals surface area (Å²) in [5.74, 6) is 1.59. The lowest BCUT2D eigenvalue weighted by Crippen LogP contribution is -2.40. The van der Waals surface area contributed by atoms with Crippen LogP contribution in [0.1, 0.15) is 43.0 Å². The standard InChI is InChI=1S/C17H23FN4O/c1-3-15(13-6-4-5-7-14(13)18)19-12-8-9-17-20-16(11-23-2)21-22(17)10-12/h4-7,12,15,19H,3,8-11H2,1-2H3. The van der Waals surface area contributed by atoms with Crippen LogP contribution in [0.3, 0.4) is 0 Å². The van der Waals surface area contributed by atoms with Crippen LogP contribution < -0.4 is 5.32 Å². The molecule has 2 aromatic rings. The van der Waals surface area contributed by atoms with Gasteiger partial charge in [0.2, 0.25) is 0 Å². The first-order chi connectivity index (χ1) is 11.2. The largest absolute Gasteiger partial charge is 0.377 e. The first-order valence-corrected chi connectivity index (χ1v) is 8.13. The average molecular weight is 318 g/mol. The summed E-state index contributed by atoms with van der Waals surface area (Å²) >= 11 is 0. The van der Waals surface area contributed by atoms with Gasteiger partial charge in [0.25, 0.3) is 0 Å². The Bertz CT molecular complexity index is 658. The van der Waals surface area contributed by atoms with Gasteiger partial charge in [0.15, 0.2) is 5.82 Å². The number of halogens is 1. The molecule has 0 amide bonds. The zero-order valence-corrected chi connectivity index (χ0v) is 13.6. The molecule has 2 atom stereocenters. The van der Waals surface area contributed by atoms with Crippen molar-refractivity contribution in [2.45, 2.75) is 51.4 Å². The number of aromatic nitrogens is 3. The van der Waals surface area contributed by atoms with Crippen molar-refractivity contribution in [3.05, 3.63) is 47.3 Å². The van der Waals surface area contributed by atoms with Crippen LogP contribution in [0.15, 0.2) is 24.3 Å². The third-order valence-corrected chi connectivity index (χ3v) is 4.30. The van der Waals surface area contributed by atoms with Crippen molar-refractivity contribution in [2.24, 2.45) is 0 Å². The van der Waals surface area contributed by atoms with E-state index >= 15 is 0 Å². The molecule has 1 aliphatic heterocycles. The SMILES string of the molecule is CCC(NC1CCc2nc(COC)nn2C1)c1ccccc1F. The van der Waals surface area contributed by atoms with Gasteiger partial charge in [0.05, 0.1) is 6.54 Å². The first kappa shape index (κ1) is 16.1. The van der Waals surface area contributed by atoms with E-state index in [0.29, 0.717) is 6.61 Å². The minimum absolute atomic E-state index is 0.0183. The third kappa shape index (κ3) is 3.59. The number of hydrogen-bond acceptors (Lipinski definition) is 4. The number of nitrogens with one attached hydrogen (secondary N) is 1. The minimum atomic E-state index is -0.147. The Morgan fingerprint density at radius 1 is 1.43 bits per heavy atom. The molecule has 0 saturated heterocycles. The summed E-state index contributed by atoms with van der Waals surface area (Å²) in [6, 6.07) is 7.28. The molecule has 2 unspecified atom stereocenters. The van der Waals surface area contributed by atoms with Gasteiger partial charge in [0.1, 0.15) is 18.2 Å². The monoisotopic (exact) mass is 318 g/mol. The van der Waals surface area contributed by atoms with Crippen LogP contribution in [0.25, 0.3) is 0 Å². The second-order valence-electron chi connectivity index (χ2n) is 5.94. The Balaban J connectivity index is 1.69. The van der Waals surface area contributed by atoms with Gasteiger partial charge in [-0.05, 0) is 18.9 Å². The predicted molar refractivity (Wildman–Crippen MR) is 85.4 cm³/mol. The van der Waals surface area contributed by atoms with Crippen molar-refractivity contribution < 1.29 is 9.13 Å². The Labute approximate surface area is 135 Å². The first-order valence-electron chi connectivity index (χ1n) is 8.13. The Kier molecular flexibility index (Phi) is 5.03. The van der Waals surface area contributed by atoms with Gasteiger partial charge in [-0.2, -0.15) is 5.10 Å². The number of aryl methyl sites for hydroxylation is 1. The molecule has 0 saturated carbocycles. The molecular weight excluding hydrogens is 295 g/mol. The van der Waals surface area contributed by atoms with Crippen molar-refractivity contribution >= 4 is 0 Å². The van der Waals surface area contributed by atoms with E-state index in [1.54, 1.807) is 13.2 Å². The average Bonchev–Trinajstić information content (AvgIpc) is 2.95. The molecular formula is C17H23FN4O. The van der Waals surface area contributed by atoms with E-state index in [1.807, 2.05) is 16.8 Å². The fraction of sp³-hybridized carbons (Fsp3) is 0.529. The maximum absolute atomic E-state index is 14.0. The number of ether oxygens (including phenoxy) is 1. The number of benzene rings is 1. The normalized spacial score (nSPS) is 18.7. The van der Waals surface area contributed by atoms with E-state index in [9.17, 15) is 4.39 Å². The molecule has 3 rings (SSSR count). The van der Waals surface area contributed by atoms with Crippen LogP contribution in [0, 0.1) is 5.82 Å². The fourth-order valence-corrected chi connectivity index (χ4v) is 3.16. The van der Waals surface area contributed by atoms with Gasteiger partial charge in [0, 0.05) is 31.2 Å². The Hall–Kier alpha value is -1.79. The summed E-state index contributed by atoms with van der Waals surface area (Å²) in [7, 11) is 1.64. The van der Waals surface area contributed by atoms with E-state index < -0.39 is 0 Å². The van der Waals surface area contributed by atoms with Gasteiger partial charge in [-0.1, -0.05) is 25.1 Å². The van der Waals surface area contributed by atoms with Gasteiger partial charge < -0.3 is 10.1 Å². The molecule has 1 aromatic carbocycles. The zero-order valence-electron chi connectivity index (χ0n) is 13.6. The minimum Gasteiger partial charge on any atom is -0.377 e. The van der Waals surface area contributed by atoms with Crippen molar-refractivity contribution in [1.82, 2.24) is 20.1 Å². The molecule has 124 valence electrons. The summed E-state index contributed by atoms with van der Waals surface area (Å²) in [6.07, 6.45) is 2.70. The van der Waals surface area contributed by atoms with Gasteiger partial charge in [-0.25, -0.2) is 14.1 Å². The lowest BCUT2D eigenvalue weighted by Gasteiger charge is -2.28. The number of fused-ring (bicyclic) bond motifs is 1. The summed E-state index contributed by atoms with van der Waals surface area (Å²) in [5, 5.41) is 8.07. The highest BCUT2D eigenvalue weighted by Crippen LogP contribution is 2.23. The fourth-order valence-electron chi connectivity index (χ4n) is 3.16. The molecule has 5 nitrogen and oxygen atoms in total. The highest BCUT2D eigenvalue weighted by atomic mass is 19.1. The molecule has 0 aliphatic carbocycles. The number of nitrogens with zero attached hydrogens (tertiary/aromatic N) is 3. The zero-order chi connectivity index (χ0) is 16.2. The van der Waals surface area contributed by atoms with Crippen LogP contribution in [-0.2, 0) is 24.3 Å². The summed E-state index contributed by atoms with van der Waals surface area (Å²) in [5.41, 5.74) is 0.736. The van der Waals surface area contributed by atoms with Crippen molar-refractivity contribution in [3.8, 4) is 0 Å². The van der Waals surface area contributed by atoms with Crippen molar-refractivity contribution in [3.63, 3.8) is 0 Å². The van der Waals surface area contributed by atoms with Crippen LogP contribution in [0.2, 0.25) is 0 Å². The maximum Gasteiger partial charge on any atom is 0.176 e. The molecule has 0 spiro atoms. The number of methoxy groups -OCH3 is 1. The Morgan fingerprint density at radius 2 is 2.26 bits per heavy atom. The van der Waals surface area contributed by atoms with E-state index in [0.717, 1.165) is 43.0 Å². The smallest absolute Gasteiger partial charge is 0.176 e. The molecule has 1 N–H and O–H groups in total. The number of hydrogen-bond donors (Lipinski definition) is 1. The molecule has 0 fully saturated rings. The summed E-state index contributed by atoms with van der Waals surface area (Å²) < 4.78 is 21.1. The lowest BCUT2D eigenvalue weighted by molar-refractivity contribution is 0.177. The third-order valence-electron chi connectivity index (χ3n) is 4.30. The maximum atomic E-state index is 14.0. The van der Waals surface area contributed by atoms with Crippen LogP contribution in [-0.4, -0.2) is 27.9 Å². The van der Waals surface area contributed by atoms with Crippen LogP contribution >= 0.6 is 0 Å². The lowest BCUT2D eigenvalue weighted by atomic mass is 10.0. The molecule has 1 aliphatic rings. The van der Waals surface area contributed by atoms with Crippen LogP contribution in [0.5, 0.6) is 0 Å². The molecule has 23 heavy (non-hydrogen) atoms. The summed E-state index contributed by atoms with van der Waals surface area (Å²) in [6.45, 7) is 3.27. The summed E-state index contributed by atoms with van der Waals surface area (Å²) in [4.78, 5) is 4.49. The molecule has 1 aromatic heterocycles. The second-order valence-corrected chi connectivity index (χ2v) is 5.94. The van der Waals surface area contributed by atoms with Crippen LogP contribution in [0.4, 0.5) is 4.39 Å². The van der Waals surface area contributed by atoms with E-state index in [-0.39, 0.29) is 17.9 Å². The van der Waals surface area contributed by atoms with E-state index in [4.69, 9.17) is 4.74 Å². The Morgan fingerprint density at radius 3 is 3.00 bits per heavy atom. The molecule has 0 bridgehead atoms.